The summed E-state index contributed by atoms with van der Waals surface area (Å²) in [6, 6.07) is 17.2. The molecule has 6 nitrogen and oxygen atoms in total. The van der Waals surface area contributed by atoms with Crippen LogP contribution in [0, 0.1) is 0 Å². The van der Waals surface area contributed by atoms with Gasteiger partial charge in [-0.25, -0.2) is 13.4 Å². The molecule has 2 aliphatic rings. The van der Waals surface area contributed by atoms with Crippen LogP contribution in [0.5, 0.6) is 0 Å². The third kappa shape index (κ3) is 6.35. The minimum Gasteiger partial charge on any atom is -0.367 e. The number of benzene rings is 2. The first-order valence-electron chi connectivity index (χ1n) is 10.7. The van der Waals surface area contributed by atoms with E-state index in [1.54, 1.807) is 0 Å². The number of aliphatic imine (C=N–C) groups is 1. The van der Waals surface area contributed by atoms with Crippen molar-refractivity contribution in [2.45, 2.75) is 38.9 Å². The van der Waals surface area contributed by atoms with Gasteiger partial charge in [0.05, 0.1) is 18.1 Å². The maximum atomic E-state index is 11.7. The number of nitrogens with zero attached hydrogens (tertiary/aromatic N) is 2. The van der Waals surface area contributed by atoms with Gasteiger partial charge in [0, 0.05) is 31.4 Å². The fourth-order valence-electron chi connectivity index (χ4n) is 4.13. The number of anilines is 1. The van der Waals surface area contributed by atoms with Crippen LogP contribution in [0.2, 0.25) is 0 Å². The lowest BCUT2D eigenvalue weighted by molar-refractivity contribution is 0.599. The molecule has 0 spiro atoms. The molecule has 0 bridgehead atoms. The van der Waals surface area contributed by atoms with Gasteiger partial charge in [-0.15, -0.1) is 24.0 Å². The summed E-state index contributed by atoms with van der Waals surface area (Å²) >= 11 is 0. The third-order valence-corrected chi connectivity index (χ3v) is 7.48. The van der Waals surface area contributed by atoms with Crippen LogP contribution in [0.4, 0.5) is 5.69 Å². The molecular weight excluding hydrogens is 523 g/mol. The average Bonchev–Trinajstić information content (AvgIpc) is 3.30. The Bertz CT molecular complexity index is 1010. The lowest BCUT2D eigenvalue weighted by Gasteiger charge is -2.19. The van der Waals surface area contributed by atoms with Crippen molar-refractivity contribution in [3.05, 3.63) is 65.2 Å². The number of nitrogens with one attached hydrogen (secondary N) is 2. The Morgan fingerprint density at radius 1 is 1.13 bits per heavy atom. The van der Waals surface area contributed by atoms with E-state index in [4.69, 9.17) is 0 Å². The van der Waals surface area contributed by atoms with Crippen molar-refractivity contribution < 1.29 is 8.42 Å². The number of guanidine groups is 1. The fraction of sp³-hybridized carbons (Fsp3) is 0.435. The van der Waals surface area contributed by atoms with E-state index in [1.807, 2.05) is 6.92 Å². The maximum Gasteiger partial charge on any atom is 0.191 e. The van der Waals surface area contributed by atoms with Crippen LogP contribution in [-0.2, 0) is 29.3 Å². The van der Waals surface area contributed by atoms with Crippen molar-refractivity contribution in [2.24, 2.45) is 4.99 Å². The third-order valence-electron chi connectivity index (χ3n) is 5.72. The monoisotopic (exact) mass is 554 g/mol. The van der Waals surface area contributed by atoms with E-state index in [0.717, 1.165) is 31.6 Å². The zero-order valence-electron chi connectivity index (χ0n) is 17.9. The molecule has 2 heterocycles. The highest BCUT2D eigenvalue weighted by atomic mass is 127. The summed E-state index contributed by atoms with van der Waals surface area (Å²) in [7, 11) is -2.91. The summed E-state index contributed by atoms with van der Waals surface area (Å²) in [5.41, 5.74) is 5.21. The Morgan fingerprint density at radius 3 is 2.58 bits per heavy atom. The molecule has 0 aromatic heterocycles. The Morgan fingerprint density at radius 2 is 1.87 bits per heavy atom. The van der Waals surface area contributed by atoms with E-state index in [-0.39, 0.29) is 41.5 Å². The molecule has 0 aliphatic carbocycles. The molecule has 0 radical (unpaired) electrons. The highest BCUT2D eigenvalue weighted by Crippen LogP contribution is 2.28. The lowest BCUT2D eigenvalue weighted by atomic mass is 10.1. The van der Waals surface area contributed by atoms with Gasteiger partial charge in [0.1, 0.15) is 0 Å². The number of fused-ring (bicyclic) bond motifs is 1. The fourth-order valence-corrected chi connectivity index (χ4v) is 5.81. The number of halogens is 1. The molecule has 2 aromatic rings. The first-order chi connectivity index (χ1) is 14.5. The van der Waals surface area contributed by atoms with Crippen molar-refractivity contribution >= 4 is 45.5 Å². The van der Waals surface area contributed by atoms with E-state index >= 15 is 0 Å². The maximum absolute atomic E-state index is 11.7. The molecule has 1 saturated heterocycles. The zero-order chi connectivity index (χ0) is 21.0. The molecule has 2 aliphatic heterocycles. The minimum absolute atomic E-state index is 0. The van der Waals surface area contributed by atoms with Gasteiger partial charge >= 0.3 is 0 Å². The minimum atomic E-state index is -2.91. The molecule has 1 atom stereocenters. The molecule has 2 aromatic carbocycles. The van der Waals surface area contributed by atoms with Crippen molar-refractivity contribution in [3.8, 4) is 0 Å². The molecular formula is C23H31IN4O2S. The van der Waals surface area contributed by atoms with E-state index in [9.17, 15) is 8.42 Å². The highest BCUT2D eigenvalue weighted by molar-refractivity contribution is 14.0. The molecule has 31 heavy (non-hydrogen) atoms. The number of hydrogen-bond acceptors (Lipinski definition) is 4. The van der Waals surface area contributed by atoms with Crippen LogP contribution in [0.3, 0.4) is 0 Å². The van der Waals surface area contributed by atoms with E-state index in [1.165, 1.54) is 16.8 Å². The second kappa shape index (κ2) is 10.7. The predicted molar refractivity (Wildman–Crippen MR) is 138 cm³/mol. The molecule has 4 rings (SSSR count). The van der Waals surface area contributed by atoms with Gasteiger partial charge < -0.3 is 15.5 Å². The smallest absolute Gasteiger partial charge is 0.191 e. The van der Waals surface area contributed by atoms with Crippen molar-refractivity contribution in [3.63, 3.8) is 0 Å². The molecule has 8 heteroatoms. The Labute approximate surface area is 202 Å². The van der Waals surface area contributed by atoms with Gasteiger partial charge in [0.25, 0.3) is 0 Å². The molecule has 1 unspecified atom stereocenters. The topological polar surface area (TPSA) is 73.8 Å². The number of para-hydroxylation sites is 1. The predicted octanol–water partition coefficient (Wildman–Crippen LogP) is 3.11. The van der Waals surface area contributed by atoms with Crippen molar-refractivity contribution in [1.29, 1.82) is 0 Å². The molecule has 168 valence electrons. The van der Waals surface area contributed by atoms with Gasteiger partial charge in [-0.3, -0.25) is 0 Å². The van der Waals surface area contributed by atoms with E-state index < -0.39 is 9.84 Å². The normalized spacial score (nSPS) is 19.6. The Hall–Kier alpha value is -1.81. The van der Waals surface area contributed by atoms with Gasteiger partial charge in [0.2, 0.25) is 0 Å². The molecule has 1 fully saturated rings. The van der Waals surface area contributed by atoms with Gasteiger partial charge in [0.15, 0.2) is 15.8 Å². The summed E-state index contributed by atoms with van der Waals surface area (Å²) in [6.45, 7) is 5.29. The first kappa shape index (κ1) is 23.8. The number of rotatable bonds is 6. The zero-order valence-corrected chi connectivity index (χ0v) is 21.0. The average molecular weight is 554 g/mol. The van der Waals surface area contributed by atoms with Crippen LogP contribution >= 0.6 is 24.0 Å². The van der Waals surface area contributed by atoms with E-state index in [2.05, 4.69) is 69.1 Å². The number of sulfone groups is 1. The van der Waals surface area contributed by atoms with E-state index in [0.29, 0.717) is 18.9 Å². The summed E-state index contributed by atoms with van der Waals surface area (Å²) in [4.78, 5) is 7.08. The molecule has 2 N–H and O–H groups in total. The quantitative estimate of drug-likeness (QED) is 0.326. The van der Waals surface area contributed by atoms with Crippen LogP contribution in [0.15, 0.2) is 53.5 Å². The SMILES string of the molecule is CCNC(=NCc1ccc(CN2CCc3ccccc32)cc1)NC1CCS(=O)(=O)C1.I. The van der Waals surface area contributed by atoms with Crippen molar-refractivity contribution in [2.75, 3.05) is 29.5 Å². The highest BCUT2D eigenvalue weighted by Gasteiger charge is 2.28. The second-order valence-corrected chi connectivity index (χ2v) is 10.3. The van der Waals surface area contributed by atoms with Crippen LogP contribution < -0.4 is 15.5 Å². The summed E-state index contributed by atoms with van der Waals surface area (Å²) in [5.74, 6) is 1.12. The van der Waals surface area contributed by atoms with Gasteiger partial charge in [-0.2, -0.15) is 0 Å². The number of hydrogen-bond donors (Lipinski definition) is 2. The summed E-state index contributed by atoms with van der Waals surface area (Å²) in [6.07, 6.45) is 1.76. The van der Waals surface area contributed by atoms with Gasteiger partial charge in [-0.05, 0) is 42.5 Å². The van der Waals surface area contributed by atoms with Crippen LogP contribution in [0.25, 0.3) is 0 Å². The standard InChI is InChI=1S/C23H30N4O2S.HI/c1-2-24-23(26-21-12-14-30(28,29)17-21)25-15-18-7-9-19(10-8-18)16-27-13-11-20-5-3-4-6-22(20)27;/h3-10,21H,2,11-17H2,1H3,(H2,24,25,26);1H. The molecule has 0 saturated carbocycles. The Balaban J connectivity index is 0.00000272. The second-order valence-electron chi connectivity index (χ2n) is 8.06. The molecule has 0 amide bonds. The summed E-state index contributed by atoms with van der Waals surface area (Å²) < 4.78 is 23.4. The van der Waals surface area contributed by atoms with Crippen molar-refractivity contribution in [1.82, 2.24) is 10.6 Å². The largest absolute Gasteiger partial charge is 0.367 e. The van der Waals surface area contributed by atoms with Gasteiger partial charge in [-0.1, -0.05) is 42.5 Å². The lowest BCUT2D eigenvalue weighted by Crippen LogP contribution is -2.44. The van der Waals surface area contributed by atoms with Crippen LogP contribution in [0.1, 0.15) is 30.0 Å². The summed E-state index contributed by atoms with van der Waals surface area (Å²) in [5, 5.41) is 6.48. The Kier molecular flexibility index (Phi) is 8.21. The first-order valence-corrected chi connectivity index (χ1v) is 12.5. The van der Waals surface area contributed by atoms with Crippen LogP contribution in [-0.4, -0.2) is 45.0 Å².